The van der Waals surface area contributed by atoms with E-state index in [9.17, 15) is 0 Å². The van der Waals surface area contributed by atoms with Crippen LogP contribution in [0.4, 0.5) is 22.7 Å². The van der Waals surface area contributed by atoms with Crippen molar-refractivity contribution in [3.8, 4) is 11.1 Å². The van der Waals surface area contributed by atoms with E-state index in [0.29, 0.717) is 0 Å². The number of hydrogen-bond donors (Lipinski definition) is 2. The van der Waals surface area contributed by atoms with Crippen molar-refractivity contribution in [3.05, 3.63) is 121 Å². The van der Waals surface area contributed by atoms with Crippen LogP contribution < -0.4 is 10.6 Å². The molecule has 0 atom stereocenters. The van der Waals surface area contributed by atoms with Crippen LogP contribution in [0.25, 0.3) is 21.9 Å². The molecule has 2 heteroatoms. The quantitative estimate of drug-likeness (QED) is 0.320. The molecule has 5 aromatic rings. The maximum absolute atomic E-state index is 3.64. The highest BCUT2D eigenvalue weighted by atomic mass is 14.9. The third kappa shape index (κ3) is 3.89. The van der Waals surface area contributed by atoms with E-state index in [1.807, 2.05) is 24.3 Å². The number of fused-ring (bicyclic) bond motifs is 1. The van der Waals surface area contributed by atoms with Gasteiger partial charge in [0.25, 0.3) is 0 Å². The monoisotopic (exact) mass is 386 g/mol. The molecule has 2 N–H and O–H groups in total. The van der Waals surface area contributed by atoms with E-state index in [2.05, 4.69) is 108 Å². The van der Waals surface area contributed by atoms with Gasteiger partial charge in [-0.05, 0) is 52.9 Å². The molecule has 0 aliphatic heterocycles. The summed E-state index contributed by atoms with van der Waals surface area (Å²) in [7, 11) is 0. The molecule has 0 amide bonds. The fraction of sp³-hybridized carbons (Fsp3) is 0. The Labute approximate surface area is 176 Å². The summed E-state index contributed by atoms with van der Waals surface area (Å²) in [5.41, 5.74) is 6.62. The summed E-state index contributed by atoms with van der Waals surface area (Å²) >= 11 is 0. The highest BCUT2D eigenvalue weighted by Crippen LogP contribution is 2.32. The van der Waals surface area contributed by atoms with Gasteiger partial charge in [0.15, 0.2) is 0 Å². The molecule has 0 unspecified atom stereocenters. The van der Waals surface area contributed by atoms with Gasteiger partial charge in [-0.1, -0.05) is 84.9 Å². The van der Waals surface area contributed by atoms with Crippen molar-refractivity contribution in [1.82, 2.24) is 0 Å². The highest BCUT2D eigenvalue weighted by Gasteiger charge is 2.06. The lowest BCUT2D eigenvalue weighted by atomic mass is 10.0. The second-order valence-corrected chi connectivity index (χ2v) is 7.31. The molecular formula is C28H22N2. The lowest BCUT2D eigenvalue weighted by molar-refractivity contribution is 1.51. The number of para-hydroxylation sites is 1. The smallest absolute Gasteiger partial charge is 0.0463 e. The minimum Gasteiger partial charge on any atom is -0.355 e. The molecule has 30 heavy (non-hydrogen) atoms. The molecule has 0 radical (unpaired) electrons. The Morgan fingerprint density at radius 2 is 1.03 bits per heavy atom. The van der Waals surface area contributed by atoms with E-state index in [0.717, 1.165) is 22.7 Å². The molecule has 0 aromatic heterocycles. The SMILES string of the molecule is c1ccc(Nc2cc(Nc3cccc4ccccc34)cc(-c3ccccc3)c2)cc1. The minimum atomic E-state index is 1.05. The molecule has 5 rings (SSSR count). The maximum Gasteiger partial charge on any atom is 0.0463 e. The zero-order valence-electron chi connectivity index (χ0n) is 16.5. The van der Waals surface area contributed by atoms with Crippen LogP contribution in [0, 0.1) is 0 Å². The van der Waals surface area contributed by atoms with Gasteiger partial charge in [0.1, 0.15) is 0 Å². The first-order chi connectivity index (χ1) is 14.8. The average Bonchev–Trinajstić information content (AvgIpc) is 2.80. The van der Waals surface area contributed by atoms with Crippen molar-refractivity contribution >= 4 is 33.5 Å². The summed E-state index contributed by atoms with van der Waals surface area (Å²) in [5, 5.41) is 9.62. The lowest BCUT2D eigenvalue weighted by Crippen LogP contribution is -1.96. The van der Waals surface area contributed by atoms with Gasteiger partial charge in [0, 0.05) is 28.1 Å². The fourth-order valence-corrected chi connectivity index (χ4v) is 3.75. The normalized spacial score (nSPS) is 10.7. The van der Waals surface area contributed by atoms with E-state index >= 15 is 0 Å². The van der Waals surface area contributed by atoms with Crippen LogP contribution in [0.1, 0.15) is 0 Å². The second-order valence-electron chi connectivity index (χ2n) is 7.31. The third-order valence-corrected chi connectivity index (χ3v) is 5.17. The molecule has 0 saturated carbocycles. The van der Waals surface area contributed by atoms with Gasteiger partial charge in [-0.15, -0.1) is 0 Å². The molecule has 0 fully saturated rings. The summed E-state index contributed by atoms with van der Waals surface area (Å²) in [4.78, 5) is 0. The largest absolute Gasteiger partial charge is 0.355 e. The van der Waals surface area contributed by atoms with Crippen molar-refractivity contribution in [2.24, 2.45) is 0 Å². The zero-order valence-corrected chi connectivity index (χ0v) is 16.5. The predicted molar refractivity (Wildman–Crippen MR) is 129 cm³/mol. The molecule has 0 heterocycles. The topological polar surface area (TPSA) is 24.1 Å². The molecule has 144 valence electrons. The first kappa shape index (κ1) is 18.0. The van der Waals surface area contributed by atoms with Crippen molar-refractivity contribution in [2.75, 3.05) is 10.6 Å². The van der Waals surface area contributed by atoms with Gasteiger partial charge >= 0.3 is 0 Å². The molecular weight excluding hydrogens is 364 g/mol. The van der Waals surface area contributed by atoms with Crippen LogP contribution in [0.15, 0.2) is 121 Å². The molecule has 0 aliphatic carbocycles. The van der Waals surface area contributed by atoms with Crippen LogP contribution in [-0.2, 0) is 0 Å². The average molecular weight is 386 g/mol. The molecule has 2 nitrogen and oxygen atoms in total. The molecule has 0 saturated heterocycles. The van der Waals surface area contributed by atoms with Crippen LogP contribution in [0.3, 0.4) is 0 Å². The van der Waals surface area contributed by atoms with Gasteiger partial charge in [-0.25, -0.2) is 0 Å². The molecule has 0 aliphatic rings. The fourth-order valence-electron chi connectivity index (χ4n) is 3.75. The summed E-state index contributed by atoms with van der Waals surface area (Å²) in [6.07, 6.45) is 0. The highest BCUT2D eigenvalue weighted by molar-refractivity contribution is 5.95. The first-order valence-electron chi connectivity index (χ1n) is 10.1. The Morgan fingerprint density at radius 1 is 0.400 bits per heavy atom. The Balaban J connectivity index is 1.57. The standard InChI is InChI=1S/C28H22N2/c1-3-10-21(11-4-1)23-18-25(29-24-14-5-2-6-15-24)20-26(19-23)30-28-17-9-13-22-12-7-8-16-27(22)28/h1-20,29-30H. The van der Waals surface area contributed by atoms with Crippen LogP contribution in [0.2, 0.25) is 0 Å². The summed E-state index contributed by atoms with van der Waals surface area (Å²) < 4.78 is 0. The lowest BCUT2D eigenvalue weighted by Gasteiger charge is -2.15. The summed E-state index contributed by atoms with van der Waals surface area (Å²) in [6, 6.07) is 42.1. The van der Waals surface area contributed by atoms with Gasteiger partial charge in [-0.3, -0.25) is 0 Å². The van der Waals surface area contributed by atoms with E-state index in [1.54, 1.807) is 0 Å². The zero-order chi connectivity index (χ0) is 20.2. The number of anilines is 4. The van der Waals surface area contributed by atoms with Crippen molar-refractivity contribution in [3.63, 3.8) is 0 Å². The van der Waals surface area contributed by atoms with Crippen LogP contribution >= 0.6 is 0 Å². The van der Waals surface area contributed by atoms with E-state index < -0.39 is 0 Å². The maximum atomic E-state index is 3.64. The minimum absolute atomic E-state index is 1.05. The Hall–Kier alpha value is -4.04. The summed E-state index contributed by atoms with van der Waals surface area (Å²) in [5.74, 6) is 0. The van der Waals surface area contributed by atoms with Gasteiger partial charge in [-0.2, -0.15) is 0 Å². The van der Waals surface area contributed by atoms with E-state index in [4.69, 9.17) is 0 Å². The van der Waals surface area contributed by atoms with Gasteiger partial charge in [0.2, 0.25) is 0 Å². The van der Waals surface area contributed by atoms with Crippen molar-refractivity contribution in [1.29, 1.82) is 0 Å². The predicted octanol–water partition coefficient (Wildman–Crippen LogP) is 7.99. The molecule has 0 bridgehead atoms. The Morgan fingerprint density at radius 3 is 1.83 bits per heavy atom. The van der Waals surface area contributed by atoms with Crippen LogP contribution in [0.5, 0.6) is 0 Å². The van der Waals surface area contributed by atoms with Crippen molar-refractivity contribution in [2.45, 2.75) is 0 Å². The second kappa shape index (κ2) is 8.14. The van der Waals surface area contributed by atoms with Crippen LogP contribution in [-0.4, -0.2) is 0 Å². The molecule has 5 aromatic carbocycles. The Bertz CT molecular complexity index is 1270. The number of nitrogens with one attached hydrogen (secondary N) is 2. The van der Waals surface area contributed by atoms with Gasteiger partial charge in [0.05, 0.1) is 0 Å². The first-order valence-corrected chi connectivity index (χ1v) is 10.1. The Kier molecular flexibility index (Phi) is 4.89. The van der Waals surface area contributed by atoms with E-state index in [1.165, 1.54) is 21.9 Å². The number of rotatable bonds is 5. The van der Waals surface area contributed by atoms with Crippen molar-refractivity contribution < 1.29 is 0 Å². The van der Waals surface area contributed by atoms with Gasteiger partial charge < -0.3 is 10.6 Å². The number of hydrogen-bond acceptors (Lipinski definition) is 2. The third-order valence-electron chi connectivity index (χ3n) is 5.17. The van der Waals surface area contributed by atoms with E-state index in [-0.39, 0.29) is 0 Å². The molecule has 0 spiro atoms. The summed E-state index contributed by atoms with van der Waals surface area (Å²) in [6.45, 7) is 0. The number of benzene rings is 5.